The molecule has 0 radical (unpaired) electrons. The highest BCUT2D eigenvalue weighted by Crippen LogP contribution is 2.31. The summed E-state index contributed by atoms with van der Waals surface area (Å²) in [5.74, 6) is 0.148. The number of rotatable bonds is 4. The highest BCUT2D eigenvalue weighted by molar-refractivity contribution is 5.79. The van der Waals surface area contributed by atoms with Crippen molar-refractivity contribution in [3.05, 3.63) is 64.4 Å². The second-order valence-corrected chi connectivity index (χ2v) is 8.90. The molecule has 35 heavy (non-hydrogen) atoms. The van der Waals surface area contributed by atoms with Crippen molar-refractivity contribution in [1.82, 2.24) is 35.0 Å². The maximum Gasteiger partial charge on any atom is 0.227 e. The monoisotopic (exact) mass is 476 g/mol. The minimum absolute atomic E-state index is 0.0555. The summed E-state index contributed by atoms with van der Waals surface area (Å²) in [5, 5.41) is 20.4. The summed E-state index contributed by atoms with van der Waals surface area (Å²) in [6, 6.07) is 8.78. The lowest BCUT2D eigenvalue weighted by Gasteiger charge is -2.46. The molecule has 2 aliphatic heterocycles. The van der Waals surface area contributed by atoms with Crippen molar-refractivity contribution in [1.29, 1.82) is 5.26 Å². The predicted molar refractivity (Wildman–Crippen MR) is 122 cm³/mol. The molecule has 5 rings (SSSR count). The summed E-state index contributed by atoms with van der Waals surface area (Å²) in [5.41, 5.74) is 3.17. The Hall–Kier alpha value is -3.75. The van der Waals surface area contributed by atoms with E-state index in [0.29, 0.717) is 37.6 Å². The first-order valence-electron chi connectivity index (χ1n) is 11.5. The number of nitriles is 1. The number of halogens is 1. The molecule has 0 unspecified atom stereocenters. The third kappa shape index (κ3) is 4.50. The number of amides is 1. The Balaban J connectivity index is 1.21. The van der Waals surface area contributed by atoms with Gasteiger partial charge in [0.25, 0.3) is 0 Å². The zero-order chi connectivity index (χ0) is 24.5. The van der Waals surface area contributed by atoms with Crippen molar-refractivity contribution in [3.63, 3.8) is 0 Å². The third-order valence-corrected chi connectivity index (χ3v) is 6.87. The Morgan fingerprint density at radius 1 is 1.23 bits per heavy atom. The van der Waals surface area contributed by atoms with Gasteiger partial charge in [-0.15, -0.1) is 5.10 Å². The minimum atomic E-state index is -0.509. The van der Waals surface area contributed by atoms with E-state index in [0.717, 1.165) is 23.4 Å². The minimum Gasteiger partial charge on any atom is -0.370 e. The molecule has 0 saturated carbocycles. The van der Waals surface area contributed by atoms with Gasteiger partial charge in [-0.3, -0.25) is 9.69 Å². The lowest BCUT2D eigenvalue weighted by molar-refractivity contribution is -0.139. The van der Waals surface area contributed by atoms with E-state index in [1.165, 1.54) is 17.1 Å². The van der Waals surface area contributed by atoms with Gasteiger partial charge in [0.2, 0.25) is 5.91 Å². The van der Waals surface area contributed by atoms with Gasteiger partial charge < -0.3 is 9.64 Å². The molecule has 4 heterocycles. The molecule has 10 nitrogen and oxygen atoms in total. The van der Waals surface area contributed by atoms with Crippen molar-refractivity contribution in [2.75, 3.05) is 32.8 Å². The number of piperazine rings is 1. The van der Waals surface area contributed by atoms with Crippen molar-refractivity contribution in [3.8, 4) is 11.9 Å². The fourth-order valence-electron chi connectivity index (χ4n) is 4.81. The van der Waals surface area contributed by atoms with Gasteiger partial charge >= 0.3 is 0 Å². The fraction of sp³-hybridized carbons (Fsp3) is 0.417. The van der Waals surface area contributed by atoms with E-state index in [-0.39, 0.29) is 30.0 Å². The summed E-state index contributed by atoms with van der Waals surface area (Å²) in [7, 11) is 0. The van der Waals surface area contributed by atoms with Crippen LogP contribution in [0, 0.1) is 31.0 Å². The Labute approximate surface area is 201 Å². The number of aromatic nitrogens is 5. The number of pyridine rings is 1. The lowest BCUT2D eigenvalue weighted by atomic mass is 9.96. The van der Waals surface area contributed by atoms with Crippen molar-refractivity contribution in [2.45, 2.75) is 32.4 Å². The maximum absolute atomic E-state index is 13.9. The molecule has 2 atom stereocenters. The van der Waals surface area contributed by atoms with Gasteiger partial charge in [0.15, 0.2) is 5.82 Å². The van der Waals surface area contributed by atoms with Crippen LogP contribution in [0.25, 0.3) is 5.82 Å². The smallest absolute Gasteiger partial charge is 0.227 e. The molecule has 2 fully saturated rings. The second-order valence-electron chi connectivity index (χ2n) is 8.90. The Bertz CT molecular complexity index is 1290. The number of tetrazole rings is 1. The first-order valence-corrected chi connectivity index (χ1v) is 11.5. The van der Waals surface area contributed by atoms with Crippen LogP contribution < -0.4 is 0 Å². The van der Waals surface area contributed by atoms with E-state index < -0.39 is 5.82 Å². The number of fused-ring (bicyclic) bond motifs is 1. The van der Waals surface area contributed by atoms with Crippen LogP contribution in [0.3, 0.4) is 0 Å². The number of aryl methyl sites for hydroxylation is 1. The summed E-state index contributed by atoms with van der Waals surface area (Å²) < 4.78 is 21.5. The highest BCUT2D eigenvalue weighted by atomic mass is 19.1. The number of morpholine rings is 1. The van der Waals surface area contributed by atoms with Crippen LogP contribution in [0.5, 0.6) is 0 Å². The summed E-state index contributed by atoms with van der Waals surface area (Å²) in [4.78, 5) is 21.8. The maximum atomic E-state index is 13.9. The highest BCUT2D eigenvalue weighted by Gasteiger charge is 2.36. The molecule has 0 bridgehead atoms. The molecule has 1 aromatic carbocycles. The predicted octanol–water partition coefficient (Wildman–Crippen LogP) is 1.51. The molecular weight excluding hydrogens is 451 g/mol. The second kappa shape index (κ2) is 9.48. The molecule has 2 aliphatic rings. The molecule has 2 aromatic heterocycles. The standard InChI is InChI=1S/C24H25FN8O2/c1-15-19(4-5-21(25)20(15)10-26)22-12-31-7-8-32(11-18(31)13-35-22)24(34)9-17-3-6-23(28-16(17)2)33-14-27-29-30-33/h3-6,14,18,22H,7-9,11-13H2,1-2H3/t18-,22-/m1/s1. The van der Waals surface area contributed by atoms with Gasteiger partial charge in [-0.1, -0.05) is 12.1 Å². The van der Waals surface area contributed by atoms with Crippen molar-refractivity contribution in [2.24, 2.45) is 0 Å². The molecule has 3 aromatic rings. The van der Waals surface area contributed by atoms with E-state index in [2.05, 4.69) is 25.4 Å². The summed E-state index contributed by atoms with van der Waals surface area (Å²) >= 11 is 0. The Morgan fingerprint density at radius 2 is 2.09 bits per heavy atom. The van der Waals surface area contributed by atoms with E-state index in [1.54, 1.807) is 19.1 Å². The van der Waals surface area contributed by atoms with E-state index in [9.17, 15) is 14.4 Å². The Morgan fingerprint density at radius 3 is 2.83 bits per heavy atom. The molecule has 11 heteroatoms. The van der Waals surface area contributed by atoms with Gasteiger partial charge in [-0.25, -0.2) is 9.37 Å². The fourth-order valence-corrected chi connectivity index (χ4v) is 4.81. The SMILES string of the molecule is Cc1nc(-n2cnnn2)ccc1CC(=O)N1CCN2C[C@H](c3ccc(F)c(C#N)c3C)OC[C@H]2C1. The molecule has 2 saturated heterocycles. The van der Waals surface area contributed by atoms with Gasteiger partial charge in [0, 0.05) is 31.9 Å². The van der Waals surface area contributed by atoms with Crippen molar-refractivity contribution >= 4 is 5.91 Å². The molecule has 0 aliphatic carbocycles. The first-order chi connectivity index (χ1) is 16.9. The average molecular weight is 477 g/mol. The quantitative estimate of drug-likeness (QED) is 0.557. The van der Waals surface area contributed by atoms with Crippen LogP contribution in [-0.2, 0) is 16.0 Å². The zero-order valence-electron chi connectivity index (χ0n) is 19.6. The van der Waals surface area contributed by atoms with Gasteiger partial charge in [-0.2, -0.15) is 9.94 Å². The molecule has 0 spiro atoms. The molecule has 180 valence electrons. The van der Waals surface area contributed by atoms with E-state index in [4.69, 9.17) is 4.74 Å². The molecule has 0 N–H and O–H groups in total. The normalized spacial score (nSPS) is 20.3. The van der Waals surface area contributed by atoms with Crippen molar-refractivity contribution < 1.29 is 13.9 Å². The van der Waals surface area contributed by atoms with Crippen LogP contribution in [0.1, 0.15) is 34.1 Å². The van der Waals surface area contributed by atoms with Gasteiger partial charge in [0.05, 0.1) is 30.7 Å². The number of carbonyl (C=O) groups excluding carboxylic acids is 1. The van der Waals surface area contributed by atoms with Gasteiger partial charge in [0.1, 0.15) is 18.2 Å². The summed E-state index contributed by atoms with van der Waals surface area (Å²) in [6.45, 7) is 6.70. The van der Waals surface area contributed by atoms with Crippen LogP contribution in [0.4, 0.5) is 4.39 Å². The van der Waals surface area contributed by atoms with Crippen LogP contribution in [0.2, 0.25) is 0 Å². The molecule has 1 amide bonds. The zero-order valence-corrected chi connectivity index (χ0v) is 19.6. The summed E-state index contributed by atoms with van der Waals surface area (Å²) in [6.07, 6.45) is 1.52. The third-order valence-electron chi connectivity index (χ3n) is 6.87. The van der Waals surface area contributed by atoms with Crippen LogP contribution in [0.15, 0.2) is 30.6 Å². The van der Waals surface area contributed by atoms with E-state index >= 15 is 0 Å². The topological polar surface area (TPSA) is 113 Å². The largest absolute Gasteiger partial charge is 0.370 e. The number of hydrogen-bond donors (Lipinski definition) is 0. The number of nitrogens with zero attached hydrogens (tertiary/aromatic N) is 8. The lowest BCUT2D eigenvalue weighted by Crippen LogP contribution is -2.59. The number of benzene rings is 1. The Kier molecular flexibility index (Phi) is 6.23. The first kappa shape index (κ1) is 23.0. The molecular formula is C24H25FN8O2. The van der Waals surface area contributed by atoms with E-state index in [1.807, 2.05) is 24.0 Å². The number of hydrogen-bond acceptors (Lipinski definition) is 8. The number of carbonyl (C=O) groups is 1. The number of ether oxygens (including phenoxy) is 1. The van der Waals surface area contributed by atoms with Crippen LogP contribution in [-0.4, -0.2) is 79.7 Å². The van der Waals surface area contributed by atoms with Gasteiger partial charge in [-0.05, 0) is 53.1 Å². The average Bonchev–Trinajstić information content (AvgIpc) is 3.40. The van der Waals surface area contributed by atoms with Crippen LogP contribution >= 0.6 is 0 Å².